The molecule has 0 bridgehead atoms. The van der Waals surface area contributed by atoms with Crippen molar-refractivity contribution in [2.75, 3.05) is 6.61 Å². The van der Waals surface area contributed by atoms with Crippen molar-refractivity contribution in [1.29, 1.82) is 0 Å². The van der Waals surface area contributed by atoms with Gasteiger partial charge in [0.1, 0.15) is 6.04 Å². The number of nitrogens with one attached hydrogen (secondary N) is 2. The van der Waals surface area contributed by atoms with E-state index >= 15 is 0 Å². The van der Waals surface area contributed by atoms with Gasteiger partial charge in [-0.15, -0.1) is 0 Å². The summed E-state index contributed by atoms with van der Waals surface area (Å²) in [6.07, 6.45) is 0.110. The average molecular weight is 451 g/mol. The number of aliphatic hydroxyl groups is 1. The zero-order valence-electron chi connectivity index (χ0n) is 15.8. The Hall–Kier alpha value is -2.72. The topological polar surface area (TPSA) is 126 Å². The molecule has 0 aliphatic rings. The average Bonchev–Trinajstić information content (AvgIpc) is 3.14. The van der Waals surface area contributed by atoms with Crippen LogP contribution in [0, 0.1) is 0 Å². The van der Waals surface area contributed by atoms with Crippen LogP contribution >= 0.6 is 11.6 Å². The number of benzene rings is 2. The van der Waals surface area contributed by atoms with Crippen LogP contribution in [0.5, 0.6) is 0 Å². The van der Waals surface area contributed by atoms with Gasteiger partial charge in [0.2, 0.25) is 15.8 Å². The number of fused-ring (bicyclic) bond motifs is 1. The lowest BCUT2D eigenvalue weighted by atomic mass is 10.1. The number of carbonyl (C=O) groups excluding carboxylic acids is 2. The molecule has 30 heavy (non-hydrogen) atoms. The van der Waals surface area contributed by atoms with E-state index in [9.17, 15) is 23.1 Å². The highest BCUT2D eigenvalue weighted by Gasteiger charge is 2.31. The van der Waals surface area contributed by atoms with Crippen LogP contribution in [0.25, 0.3) is 10.9 Å². The summed E-state index contributed by atoms with van der Waals surface area (Å²) < 4.78 is 32.1. The summed E-state index contributed by atoms with van der Waals surface area (Å²) in [5.41, 5.74) is 1.10. The maximum absolute atomic E-state index is 12.5. The first kappa shape index (κ1) is 22.0. The van der Waals surface area contributed by atoms with E-state index in [1.165, 1.54) is 37.4 Å². The minimum atomic E-state index is -4.14. The highest BCUT2D eigenvalue weighted by Crippen LogP contribution is 2.19. The van der Waals surface area contributed by atoms with Gasteiger partial charge in [0.25, 0.3) is 0 Å². The fourth-order valence-corrected chi connectivity index (χ4v) is 4.18. The molecule has 158 valence electrons. The predicted octanol–water partition coefficient (Wildman–Crippen LogP) is 2.28. The minimum absolute atomic E-state index is 0.139. The standard InChI is InChI=1S/C20H19ClN2O6S/c1-12(24)19(23-30(27,28)14-8-6-13(21)7-9-14)20(26)29-11-18(25)16-10-22-17-5-3-2-4-15(16)17/h2-10,12,19,22-24H,11H2,1H3/t12-,19-/m1/s1. The normalized spacial score (nSPS) is 13.7. The van der Waals surface area contributed by atoms with E-state index in [2.05, 4.69) is 9.71 Å². The molecule has 3 N–H and O–H groups in total. The number of para-hydroxylation sites is 1. The molecule has 0 radical (unpaired) electrons. The number of rotatable bonds is 8. The Kier molecular flexibility index (Phi) is 6.57. The number of Topliss-reactive ketones (excluding diaryl/α,β-unsaturated/α-hetero) is 1. The number of H-pyrrole nitrogens is 1. The van der Waals surface area contributed by atoms with Gasteiger partial charge >= 0.3 is 5.97 Å². The van der Waals surface area contributed by atoms with Gasteiger partial charge in [0, 0.05) is 27.7 Å². The van der Waals surface area contributed by atoms with Crippen molar-refractivity contribution in [3.8, 4) is 0 Å². The molecule has 10 heteroatoms. The number of ketones is 1. The first-order chi connectivity index (χ1) is 14.2. The number of hydrogen-bond donors (Lipinski definition) is 3. The molecule has 0 spiro atoms. The largest absolute Gasteiger partial charge is 0.456 e. The van der Waals surface area contributed by atoms with E-state index in [-0.39, 0.29) is 4.90 Å². The highest BCUT2D eigenvalue weighted by molar-refractivity contribution is 7.89. The lowest BCUT2D eigenvalue weighted by Crippen LogP contribution is -2.48. The third-order valence-electron chi connectivity index (χ3n) is 4.38. The lowest BCUT2D eigenvalue weighted by molar-refractivity contribution is -0.147. The summed E-state index contributed by atoms with van der Waals surface area (Å²) >= 11 is 5.75. The third-order valence-corrected chi connectivity index (χ3v) is 6.09. The zero-order valence-corrected chi connectivity index (χ0v) is 17.4. The number of hydrogen-bond acceptors (Lipinski definition) is 6. The van der Waals surface area contributed by atoms with Crippen LogP contribution < -0.4 is 4.72 Å². The van der Waals surface area contributed by atoms with Crippen molar-refractivity contribution in [1.82, 2.24) is 9.71 Å². The summed E-state index contributed by atoms with van der Waals surface area (Å²) in [5.74, 6) is -1.54. The van der Waals surface area contributed by atoms with E-state index in [1.54, 1.807) is 18.2 Å². The summed E-state index contributed by atoms with van der Waals surface area (Å²) in [5, 5.41) is 10.9. The van der Waals surface area contributed by atoms with E-state index < -0.39 is 40.5 Å². The number of sulfonamides is 1. The molecule has 0 saturated carbocycles. The highest BCUT2D eigenvalue weighted by atomic mass is 35.5. The molecule has 0 aliphatic carbocycles. The van der Waals surface area contributed by atoms with Crippen molar-refractivity contribution in [2.45, 2.75) is 24.0 Å². The number of aliphatic hydroxyl groups excluding tert-OH is 1. The molecule has 1 aromatic heterocycles. The quantitative estimate of drug-likeness (QED) is 0.357. The molecule has 1 heterocycles. The Balaban J connectivity index is 1.69. The van der Waals surface area contributed by atoms with Gasteiger partial charge in [-0.1, -0.05) is 29.8 Å². The molecule has 0 unspecified atom stereocenters. The van der Waals surface area contributed by atoms with Crippen LogP contribution in [-0.2, 0) is 19.6 Å². The second kappa shape index (κ2) is 8.97. The molecule has 0 fully saturated rings. The SMILES string of the molecule is C[C@@H](O)[C@@H](NS(=O)(=O)c1ccc(Cl)cc1)C(=O)OCC(=O)c1c[nH]c2ccccc12. The molecule has 0 saturated heterocycles. The van der Waals surface area contributed by atoms with Crippen molar-refractivity contribution < 1.29 is 27.9 Å². The van der Waals surface area contributed by atoms with Gasteiger partial charge in [-0.05, 0) is 37.3 Å². The smallest absolute Gasteiger partial charge is 0.327 e. The Labute approximate surface area is 177 Å². The van der Waals surface area contributed by atoms with E-state index in [0.29, 0.717) is 16.0 Å². The van der Waals surface area contributed by atoms with E-state index in [4.69, 9.17) is 16.3 Å². The van der Waals surface area contributed by atoms with Crippen molar-refractivity contribution >= 4 is 44.3 Å². The maximum Gasteiger partial charge on any atom is 0.327 e. The van der Waals surface area contributed by atoms with E-state index in [1.807, 2.05) is 6.07 Å². The fourth-order valence-electron chi connectivity index (χ4n) is 2.80. The predicted molar refractivity (Wildman–Crippen MR) is 111 cm³/mol. The van der Waals surface area contributed by atoms with Gasteiger partial charge in [-0.2, -0.15) is 4.72 Å². The van der Waals surface area contributed by atoms with Gasteiger partial charge < -0.3 is 14.8 Å². The van der Waals surface area contributed by atoms with Crippen LogP contribution in [0.3, 0.4) is 0 Å². The van der Waals surface area contributed by atoms with Crippen LogP contribution in [0.4, 0.5) is 0 Å². The van der Waals surface area contributed by atoms with Gasteiger partial charge in [-0.25, -0.2) is 8.42 Å². The van der Waals surface area contributed by atoms with Crippen LogP contribution in [-0.4, -0.2) is 49.0 Å². The Morgan fingerprint density at radius 1 is 1.17 bits per heavy atom. The number of halogens is 1. The molecule has 3 aromatic rings. The second-order valence-corrected chi connectivity index (χ2v) is 8.72. The summed E-state index contributed by atoms with van der Waals surface area (Å²) in [4.78, 5) is 27.6. The summed E-state index contributed by atoms with van der Waals surface area (Å²) in [6, 6.07) is 10.8. The Morgan fingerprint density at radius 3 is 2.50 bits per heavy atom. The van der Waals surface area contributed by atoms with Crippen LogP contribution in [0.15, 0.2) is 59.6 Å². The third kappa shape index (κ3) is 4.88. The summed E-state index contributed by atoms with van der Waals surface area (Å²) in [6.45, 7) is 0.629. The molecule has 3 rings (SSSR count). The molecule has 8 nitrogen and oxygen atoms in total. The minimum Gasteiger partial charge on any atom is -0.456 e. The van der Waals surface area contributed by atoms with Crippen molar-refractivity contribution in [2.24, 2.45) is 0 Å². The number of aromatic amines is 1. The van der Waals surface area contributed by atoms with Crippen molar-refractivity contribution in [3.63, 3.8) is 0 Å². The first-order valence-corrected chi connectivity index (χ1v) is 10.8. The van der Waals surface area contributed by atoms with Gasteiger partial charge in [0.05, 0.1) is 11.0 Å². The van der Waals surface area contributed by atoms with Gasteiger partial charge in [0.15, 0.2) is 6.61 Å². The molecule has 0 amide bonds. The number of carbonyl (C=O) groups is 2. The molecule has 2 aromatic carbocycles. The second-order valence-electron chi connectivity index (χ2n) is 6.57. The van der Waals surface area contributed by atoms with Crippen LogP contribution in [0.1, 0.15) is 17.3 Å². The number of ether oxygens (including phenoxy) is 1. The van der Waals surface area contributed by atoms with Gasteiger partial charge in [-0.3, -0.25) is 9.59 Å². The Bertz CT molecular complexity index is 1170. The molecule has 0 aliphatic heterocycles. The lowest BCUT2D eigenvalue weighted by Gasteiger charge is -2.20. The molecular weight excluding hydrogens is 432 g/mol. The summed E-state index contributed by atoms with van der Waals surface area (Å²) in [7, 11) is -4.14. The maximum atomic E-state index is 12.5. The Morgan fingerprint density at radius 2 is 1.83 bits per heavy atom. The monoisotopic (exact) mass is 450 g/mol. The van der Waals surface area contributed by atoms with Crippen LogP contribution in [0.2, 0.25) is 5.02 Å². The number of esters is 1. The van der Waals surface area contributed by atoms with Crippen molar-refractivity contribution in [3.05, 3.63) is 65.3 Å². The number of aromatic nitrogens is 1. The zero-order chi connectivity index (χ0) is 21.9. The molecule has 2 atom stereocenters. The first-order valence-electron chi connectivity index (χ1n) is 8.91. The van der Waals surface area contributed by atoms with E-state index in [0.717, 1.165) is 5.52 Å². The fraction of sp³-hybridized carbons (Fsp3) is 0.200. The molecular formula is C20H19ClN2O6S.